The Morgan fingerprint density at radius 3 is 2.59 bits per heavy atom. The fraction of sp³-hybridized carbons (Fsp3) is 0.333. The summed E-state index contributed by atoms with van der Waals surface area (Å²) in [6.45, 7) is 1.59. The molecule has 1 aromatic rings. The van der Waals surface area contributed by atoms with E-state index in [-0.39, 0.29) is 19.1 Å². The Balaban J connectivity index is 2.24. The number of benzene rings is 1. The lowest BCUT2D eigenvalue weighted by Crippen LogP contribution is -2.41. The third-order valence-electron chi connectivity index (χ3n) is 2.06. The van der Waals surface area contributed by atoms with Crippen molar-refractivity contribution >= 4 is 11.9 Å². The molecule has 0 aromatic heterocycles. The highest BCUT2D eigenvalue weighted by atomic mass is 16.5. The van der Waals surface area contributed by atoms with E-state index in [0.717, 1.165) is 5.56 Å². The summed E-state index contributed by atoms with van der Waals surface area (Å²) >= 11 is 0. The van der Waals surface area contributed by atoms with Gasteiger partial charge in [-0.15, -0.1) is 0 Å². The Labute approximate surface area is 99.9 Å². The lowest BCUT2D eigenvalue weighted by Gasteiger charge is -2.08. The Hall–Kier alpha value is -1.88. The van der Waals surface area contributed by atoms with Crippen molar-refractivity contribution in [3.8, 4) is 0 Å². The minimum absolute atomic E-state index is 0.160. The van der Waals surface area contributed by atoms with E-state index in [9.17, 15) is 9.59 Å². The van der Waals surface area contributed by atoms with Crippen molar-refractivity contribution in [2.24, 2.45) is 5.73 Å². The molecule has 0 bridgehead atoms. The third-order valence-corrected chi connectivity index (χ3v) is 2.06. The predicted octanol–water partition coefficient (Wildman–Crippen LogP) is 0.193. The van der Waals surface area contributed by atoms with Crippen molar-refractivity contribution in [3.63, 3.8) is 0 Å². The molecule has 17 heavy (non-hydrogen) atoms. The van der Waals surface area contributed by atoms with Crippen LogP contribution in [-0.4, -0.2) is 24.5 Å². The molecule has 92 valence electrons. The van der Waals surface area contributed by atoms with E-state index in [1.165, 1.54) is 0 Å². The second-order valence-corrected chi connectivity index (χ2v) is 3.65. The molecular weight excluding hydrogens is 220 g/mol. The Morgan fingerprint density at radius 2 is 2.00 bits per heavy atom. The van der Waals surface area contributed by atoms with Gasteiger partial charge in [-0.3, -0.25) is 9.59 Å². The molecule has 3 N–H and O–H groups in total. The normalized spacial score (nSPS) is 11.6. The van der Waals surface area contributed by atoms with Crippen molar-refractivity contribution in [2.45, 2.75) is 19.6 Å². The van der Waals surface area contributed by atoms with Gasteiger partial charge in [0.15, 0.2) is 0 Å². The Kier molecular flexibility index (Phi) is 5.16. The van der Waals surface area contributed by atoms with Crippen LogP contribution in [0.15, 0.2) is 30.3 Å². The number of hydrogen-bond acceptors (Lipinski definition) is 4. The largest absolute Gasteiger partial charge is 0.460 e. The lowest BCUT2D eigenvalue weighted by atomic mass is 10.2. The van der Waals surface area contributed by atoms with Crippen LogP contribution >= 0.6 is 0 Å². The van der Waals surface area contributed by atoms with Gasteiger partial charge in [0.25, 0.3) is 0 Å². The second-order valence-electron chi connectivity index (χ2n) is 3.65. The van der Waals surface area contributed by atoms with Crippen molar-refractivity contribution < 1.29 is 14.3 Å². The average molecular weight is 236 g/mol. The molecule has 0 aliphatic carbocycles. The van der Waals surface area contributed by atoms with Crippen molar-refractivity contribution in [2.75, 3.05) is 6.54 Å². The zero-order chi connectivity index (χ0) is 12.7. The highest BCUT2D eigenvalue weighted by Gasteiger charge is 2.09. The quantitative estimate of drug-likeness (QED) is 0.715. The lowest BCUT2D eigenvalue weighted by molar-refractivity contribution is -0.145. The van der Waals surface area contributed by atoms with Crippen LogP contribution in [0.2, 0.25) is 0 Å². The fourth-order valence-corrected chi connectivity index (χ4v) is 1.11. The third kappa shape index (κ3) is 5.12. The van der Waals surface area contributed by atoms with Gasteiger partial charge < -0.3 is 15.8 Å². The number of carbonyl (C=O) groups excluding carboxylic acids is 2. The number of ether oxygens (including phenoxy) is 1. The maximum absolute atomic E-state index is 11.3. The van der Waals surface area contributed by atoms with Crippen molar-refractivity contribution in [1.82, 2.24) is 5.32 Å². The number of nitrogens with one attached hydrogen (secondary N) is 1. The molecule has 0 saturated carbocycles. The number of hydrogen-bond donors (Lipinski definition) is 2. The van der Waals surface area contributed by atoms with E-state index >= 15 is 0 Å². The molecule has 0 spiro atoms. The first kappa shape index (κ1) is 13.2. The van der Waals surface area contributed by atoms with Gasteiger partial charge in [0.2, 0.25) is 5.91 Å². The van der Waals surface area contributed by atoms with Crippen LogP contribution in [0, 0.1) is 0 Å². The number of amides is 1. The van der Waals surface area contributed by atoms with Crippen LogP contribution in [0.1, 0.15) is 12.5 Å². The minimum atomic E-state index is -0.628. The SMILES string of the molecule is C[C@@H](N)C(=O)NCC(=O)OCc1ccccc1. The van der Waals surface area contributed by atoms with Gasteiger partial charge in [-0.1, -0.05) is 30.3 Å². The molecule has 1 rings (SSSR count). The van der Waals surface area contributed by atoms with E-state index in [4.69, 9.17) is 10.5 Å². The average Bonchev–Trinajstić information content (AvgIpc) is 2.34. The van der Waals surface area contributed by atoms with Crippen molar-refractivity contribution in [1.29, 1.82) is 0 Å². The molecule has 5 heteroatoms. The molecule has 0 heterocycles. The number of rotatable bonds is 5. The zero-order valence-corrected chi connectivity index (χ0v) is 9.68. The monoisotopic (exact) mass is 236 g/mol. The van der Waals surface area contributed by atoms with Crippen LogP contribution in [0.4, 0.5) is 0 Å². The standard InChI is InChI=1S/C12H16N2O3/c1-9(13)12(16)14-7-11(15)17-8-10-5-3-2-4-6-10/h2-6,9H,7-8,13H2,1H3,(H,14,16)/t9-/m1/s1. The van der Waals surface area contributed by atoms with Gasteiger partial charge in [-0.25, -0.2) is 0 Å². The van der Waals surface area contributed by atoms with Crippen molar-refractivity contribution in [3.05, 3.63) is 35.9 Å². The molecule has 1 atom stereocenters. The maximum atomic E-state index is 11.3. The van der Waals surface area contributed by atoms with Crippen LogP contribution in [-0.2, 0) is 20.9 Å². The Morgan fingerprint density at radius 1 is 1.35 bits per heavy atom. The number of nitrogens with two attached hydrogens (primary N) is 1. The van der Waals surface area contributed by atoms with E-state index in [0.29, 0.717) is 0 Å². The van der Waals surface area contributed by atoms with Crippen LogP contribution in [0.25, 0.3) is 0 Å². The maximum Gasteiger partial charge on any atom is 0.325 e. The van der Waals surface area contributed by atoms with Gasteiger partial charge >= 0.3 is 5.97 Å². The van der Waals surface area contributed by atoms with E-state index < -0.39 is 12.0 Å². The first-order valence-electron chi connectivity index (χ1n) is 5.32. The molecule has 0 radical (unpaired) electrons. The summed E-state index contributed by atoms with van der Waals surface area (Å²) < 4.78 is 4.96. The van der Waals surface area contributed by atoms with Crippen LogP contribution < -0.4 is 11.1 Å². The predicted molar refractivity (Wildman–Crippen MR) is 62.9 cm³/mol. The van der Waals surface area contributed by atoms with E-state index in [1.807, 2.05) is 30.3 Å². The number of carbonyl (C=O) groups is 2. The second kappa shape index (κ2) is 6.65. The topological polar surface area (TPSA) is 81.4 Å². The summed E-state index contributed by atoms with van der Waals surface area (Å²) in [7, 11) is 0. The summed E-state index contributed by atoms with van der Waals surface area (Å²) in [5.74, 6) is -0.857. The molecule has 0 saturated heterocycles. The van der Waals surface area contributed by atoms with Gasteiger partial charge in [0, 0.05) is 0 Å². The van der Waals surface area contributed by atoms with Gasteiger partial charge in [0.1, 0.15) is 13.2 Å². The molecule has 1 aromatic carbocycles. The molecule has 0 unspecified atom stereocenters. The van der Waals surface area contributed by atoms with E-state index in [2.05, 4.69) is 5.32 Å². The summed E-state index contributed by atoms with van der Waals surface area (Å²) in [6, 6.07) is 8.69. The van der Waals surface area contributed by atoms with Crippen LogP contribution in [0.3, 0.4) is 0 Å². The number of esters is 1. The minimum Gasteiger partial charge on any atom is -0.460 e. The highest BCUT2D eigenvalue weighted by molar-refractivity contribution is 5.85. The highest BCUT2D eigenvalue weighted by Crippen LogP contribution is 2.00. The summed E-state index contributed by atoms with van der Waals surface area (Å²) in [4.78, 5) is 22.3. The molecule has 0 aliphatic heterocycles. The molecule has 0 fully saturated rings. The zero-order valence-electron chi connectivity index (χ0n) is 9.68. The van der Waals surface area contributed by atoms with E-state index in [1.54, 1.807) is 6.92 Å². The first-order valence-corrected chi connectivity index (χ1v) is 5.32. The summed E-state index contributed by atoms with van der Waals surface area (Å²) in [6.07, 6.45) is 0. The first-order chi connectivity index (χ1) is 8.09. The van der Waals surface area contributed by atoms with Gasteiger partial charge in [-0.2, -0.15) is 0 Å². The summed E-state index contributed by atoms with van der Waals surface area (Å²) in [5.41, 5.74) is 6.23. The fourth-order valence-electron chi connectivity index (χ4n) is 1.11. The smallest absolute Gasteiger partial charge is 0.325 e. The van der Waals surface area contributed by atoms with Gasteiger partial charge in [0.05, 0.1) is 6.04 Å². The van der Waals surface area contributed by atoms with Crippen LogP contribution in [0.5, 0.6) is 0 Å². The molecular formula is C12H16N2O3. The summed E-state index contributed by atoms with van der Waals surface area (Å²) in [5, 5.41) is 2.38. The molecule has 0 aliphatic rings. The van der Waals surface area contributed by atoms with Gasteiger partial charge in [-0.05, 0) is 12.5 Å². The molecule has 1 amide bonds. The Bertz CT molecular complexity index is 377. The molecule has 5 nitrogen and oxygen atoms in total.